The lowest BCUT2D eigenvalue weighted by molar-refractivity contribution is 0.0928. The predicted octanol–water partition coefficient (Wildman–Crippen LogP) is 3.89. The van der Waals surface area contributed by atoms with Gasteiger partial charge in [0.2, 0.25) is 0 Å². The highest BCUT2D eigenvalue weighted by Gasteiger charge is 2.32. The molecule has 2 aliphatic rings. The van der Waals surface area contributed by atoms with Gasteiger partial charge in [0, 0.05) is 12.1 Å². The van der Waals surface area contributed by atoms with Gasteiger partial charge in [-0.05, 0) is 48.6 Å². The molecule has 2 nitrogen and oxygen atoms in total. The molecular formula is C18H21NO. The van der Waals surface area contributed by atoms with Crippen molar-refractivity contribution in [2.24, 2.45) is 0 Å². The van der Waals surface area contributed by atoms with Gasteiger partial charge in [-0.25, -0.2) is 0 Å². The maximum absolute atomic E-state index is 6.26. The zero-order valence-electron chi connectivity index (χ0n) is 11.7. The minimum Gasteiger partial charge on any atom is -0.490 e. The third-order valence-electron chi connectivity index (χ3n) is 4.70. The molecule has 4 rings (SSSR count). The Morgan fingerprint density at radius 1 is 0.900 bits per heavy atom. The van der Waals surface area contributed by atoms with Crippen molar-refractivity contribution < 1.29 is 4.74 Å². The summed E-state index contributed by atoms with van der Waals surface area (Å²) in [4.78, 5) is 0. The van der Waals surface area contributed by atoms with Crippen LogP contribution < -0.4 is 10.1 Å². The minimum atomic E-state index is 0.382. The van der Waals surface area contributed by atoms with Crippen LogP contribution in [-0.2, 0) is 0 Å². The topological polar surface area (TPSA) is 21.3 Å². The van der Waals surface area contributed by atoms with Gasteiger partial charge in [-0.1, -0.05) is 36.8 Å². The number of rotatable bonds is 2. The second kappa shape index (κ2) is 5.10. The summed E-state index contributed by atoms with van der Waals surface area (Å²) in [6, 6.07) is 16.3. The average molecular weight is 267 g/mol. The third kappa shape index (κ3) is 2.40. The molecule has 3 atom stereocenters. The molecule has 0 radical (unpaired) electrons. The van der Waals surface area contributed by atoms with E-state index in [0.29, 0.717) is 18.2 Å². The fourth-order valence-electron chi connectivity index (χ4n) is 3.74. The third-order valence-corrected chi connectivity index (χ3v) is 4.70. The molecule has 0 saturated carbocycles. The number of fused-ring (bicyclic) bond motifs is 3. The predicted molar refractivity (Wildman–Crippen MR) is 82.2 cm³/mol. The molecule has 2 heterocycles. The van der Waals surface area contributed by atoms with Crippen LogP contribution in [0.3, 0.4) is 0 Å². The van der Waals surface area contributed by atoms with Crippen molar-refractivity contribution in [3.63, 3.8) is 0 Å². The highest BCUT2D eigenvalue weighted by molar-refractivity contribution is 5.83. The summed E-state index contributed by atoms with van der Waals surface area (Å²) in [6.45, 7) is 0. The quantitative estimate of drug-likeness (QED) is 0.891. The lowest BCUT2D eigenvalue weighted by atomic mass is 9.85. The zero-order chi connectivity index (χ0) is 13.4. The van der Waals surface area contributed by atoms with Crippen LogP contribution in [0.2, 0.25) is 0 Å². The fourth-order valence-corrected chi connectivity index (χ4v) is 3.74. The SMILES string of the molecule is c1ccc2cc(O[C@@H]3C[C@H]4CCC[C@@H](C3)N4)ccc2c1. The fraction of sp³-hybridized carbons (Fsp3) is 0.444. The summed E-state index contributed by atoms with van der Waals surface area (Å²) in [7, 11) is 0. The summed E-state index contributed by atoms with van der Waals surface area (Å²) < 4.78 is 6.26. The molecule has 0 spiro atoms. The lowest BCUT2D eigenvalue weighted by Crippen LogP contribution is -2.51. The Hall–Kier alpha value is -1.54. The first-order chi connectivity index (χ1) is 9.87. The van der Waals surface area contributed by atoms with Crippen molar-refractivity contribution in [1.82, 2.24) is 5.32 Å². The molecule has 104 valence electrons. The van der Waals surface area contributed by atoms with Crippen LogP contribution in [-0.4, -0.2) is 18.2 Å². The van der Waals surface area contributed by atoms with Crippen molar-refractivity contribution in [3.8, 4) is 5.75 Å². The molecule has 2 aliphatic heterocycles. The largest absolute Gasteiger partial charge is 0.490 e. The molecule has 2 fully saturated rings. The van der Waals surface area contributed by atoms with E-state index in [1.54, 1.807) is 0 Å². The van der Waals surface area contributed by atoms with E-state index in [2.05, 4.69) is 47.8 Å². The second-order valence-corrected chi connectivity index (χ2v) is 6.21. The number of benzene rings is 2. The van der Waals surface area contributed by atoms with Gasteiger partial charge in [0.25, 0.3) is 0 Å². The van der Waals surface area contributed by atoms with Gasteiger partial charge in [-0.15, -0.1) is 0 Å². The van der Waals surface area contributed by atoms with Crippen molar-refractivity contribution in [2.45, 2.75) is 50.3 Å². The van der Waals surface area contributed by atoms with Crippen molar-refractivity contribution in [1.29, 1.82) is 0 Å². The monoisotopic (exact) mass is 267 g/mol. The van der Waals surface area contributed by atoms with E-state index in [0.717, 1.165) is 18.6 Å². The maximum atomic E-state index is 6.26. The number of hydrogen-bond acceptors (Lipinski definition) is 2. The molecule has 2 aromatic rings. The van der Waals surface area contributed by atoms with Gasteiger partial charge in [0.15, 0.2) is 0 Å². The Morgan fingerprint density at radius 3 is 2.45 bits per heavy atom. The summed E-state index contributed by atoms with van der Waals surface area (Å²) in [5.74, 6) is 1.02. The molecule has 0 aliphatic carbocycles. The highest BCUT2D eigenvalue weighted by atomic mass is 16.5. The Morgan fingerprint density at radius 2 is 1.65 bits per heavy atom. The van der Waals surface area contributed by atoms with Gasteiger partial charge in [-0.2, -0.15) is 0 Å². The first-order valence-corrected chi connectivity index (χ1v) is 7.78. The van der Waals surface area contributed by atoms with Crippen molar-refractivity contribution in [2.75, 3.05) is 0 Å². The van der Waals surface area contributed by atoms with Crippen LogP contribution in [0, 0.1) is 0 Å². The average Bonchev–Trinajstić information content (AvgIpc) is 2.47. The minimum absolute atomic E-state index is 0.382. The molecule has 0 aromatic heterocycles. The lowest BCUT2D eigenvalue weighted by Gasteiger charge is -2.40. The van der Waals surface area contributed by atoms with E-state index in [1.807, 2.05) is 0 Å². The zero-order valence-corrected chi connectivity index (χ0v) is 11.7. The van der Waals surface area contributed by atoms with Crippen LogP contribution in [0.4, 0.5) is 0 Å². The summed E-state index contributed by atoms with van der Waals surface area (Å²) in [5.41, 5.74) is 0. The van der Waals surface area contributed by atoms with Gasteiger partial charge in [0.1, 0.15) is 11.9 Å². The first-order valence-electron chi connectivity index (χ1n) is 7.78. The molecule has 2 heteroatoms. The molecule has 2 bridgehead atoms. The molecule has 20 heavy (non-hydrogen) atoms. The standard InChI is InChI=1S/C18H21NO/c1-2-5-14-10-17(9-8-13(14)4-1)20-18-11-15-6-3-7-16(12-18)19-15/h1-2,4-5,8-10,15-16,18-19H,3,6-7,11-12H2/t15-,16+,18-. The maximum Gasteiger partial charge on any atom is 0.120 e. The van der Waals surface area contributed by atoms with Gasteiger partial charge < -0.3 is 10.1 Å². The van der Waals surface area contributed by atoms with Crippen LogP contribution in [0.1, 0.15) is 32.1 Å². The number of ether oxygens (including phenoxy) is 1. The Balaban J connectivity index is 1.52. The summed E-state index contributed by atoms with van der Waals surface area (Å²) in [5, 5.41) is 6.26. The van der Waals surface area contributed by atoms with E-state index >= 15 is 0 Å². The molecule has 0 unspecified atom stereocenters. The van der Waals surface area contributed by atoms with E-state index < -0.39 is 0 Å². The molecule has 2 aromatic carbocycles. The Labute approximate surface area is 120 Å². The van der Waals surface area contributed by atoms with Crippen LogP contribution in [0.25, 0.3) is 10.8 Å². The van der Waals surface area contributed by atoms with Crippen molar-refractivity contribution in [3.05, 3.63) is 42.5 Å². The van der Waals surface area contributed by atoms with E-state index in [1.165, 1.54) is 30.0 Å². The van der Waals surface area contributed by atoms with E-state index in [-0.39, 0.29) is 0 Å². The highest BCUT2D eigenvalue weighted by Crippen LogP contribution is 2.29. The summed E-state index contributed by atoms with van der Waals surface area (Å²) in [6.07, 6.45) is 6.70. The van der Waals surface area contributed by atoms with Gasteiger partial charge in [-0.3, -0.25) is 0 Å². The number of nitrogens with one attached hydrogen (secondary N) is 1. The van der Waals surface area contributed by atoms with E-state index in [4.69, 9.17) is 4.74 Å². The first kappa shape index (κ1) is 12.2. The number of piperidine rings is 2. The van der Waals surface area contributed by atoms with Crippen LogP contribution in [0.5, 0.6) is 5.75 Å². The van der Waals surface area contributed by atoms with E-state index in [9.17, 15) is 0 Å². The second-order valence-electron chi connectivity index (χ2n) is 6.21. The molecule has 2 saturated heterocycles. The number of hydrogen-bond donors (Lipinski definition) is 1. The molecule has 1 N–H and O–H groups in total. The smallest absolute Gasteiger partial charge is 0.120 e. The molecule has 0 amide bonds. The van der Waals surface area contributed by atoms with Crippen LogP contribution in [0.15, 0.2) is 42.5 Å². The Bertz CT molecular complexity index is 597. The Kier molecular flexibility index (Phi) is 3.12. The van der Waals surface area contributed by atoms with Crippen LogP contribution >= 0.6 is 0 Å². The molecular weight excluding hydrogens is 246 g/mol. The normalized spacial score (nSPS) is 29.3. The summed E-state index contributed by atoms with van der Waals surface area (Å²) >= 11 is 0. The van der Waals surface area contributed by atoms with Gasteiger partial charge >= 0.3 is 0 Å². The van der Waals surface area contributed by atoms with Crippen molar-refractivity contribution >= 4 is 10.8 Å². The van der Waals surface area contributed by atoms with Gasteiger partial charge in [0.05, 0.1) is 0 Å².